The number of aromatic nitrogens is 4. The summed E-state index contributed by atoms with van der Waals surface area (Å²) in [6.07, 6.45) is 2.86. The van der Waals surface area contributed by atoms with Gasteiger partial charge in [0.05, 0.1) is 0 Å². The predicted molar refractivity (Wildman–Crippen MR) is 75.6 cm³/mol. The highest BCUT2D eigenvalue weighted by atomic mass is 16.4. The highest BCUT2D eigenvalue weighted by Gasteiger charge is 2.18. The number of imidazole rings is 2. The molecule has 0 atom stereocenters. The average Bonchev–Trinajstić information content (AvgIpc) is 2.92. The maximum atomic E-state index is 12.1. The SMILES string of the molecule is CC(=O)Nc1cn(C)c(C(=O)Nc2cn(C)c(C(=O)O)n2)n1. The van der Waals surface area contributed by atoms with Crippen LogP contribution < -0.4 is 10.6 Å². The lowest BCUT2D eigenvalue weighted by Gasteiger charge is -2.00. The number of amides is 2. The number of anilines is 2. The molecule has 0 radical (unpaired) electrons. The summed E-state index contributed by atoms with van der Waals surface area (Å²) in [5, 5.41) is 13.8. The first-order valence-electron chi connectivity index (χ1n) is 6.17. The first-order valence-corrected chi connectivity index (χ1v) is 6.17. The van der Waals surface area contributed by atoms with Gasteiger partial charge >= 0.3 is 5.97 Å². The Morgan fingerprint density at radius 1 is 1.00 bits per heavy atom. The minimum Gasteiger partial charge on any atom is -0.475 e. The Balaban J connectivity index is 2.19. The number of aryl methyl sites for hydroxylation is 2. The minimum atomic E-state index is -1.20. The summed E-state index contributed by atoms with van der Waals surface area (Å²) in [7, 11) is 3.09. The third kappa shape index (κ3) is 3.11. The molecule has 116 valence electrons. The molecule has 2 aromatic heterocycles. The monoisotopic (exact) mass is 306 g/mol. The van der Waals surface area contributed by atoms with Crippen LogP contribution in [0.25, 0.3) is 0 Å². The molecule has 0 spiro atoms. The Hall–Kier alpha value is -3.17. The number of carbonyl (C=O) groups is 3. The van der Waals surface area contributed by atoms with Gasteiger partial charge in [-0.2, -0.15) is 0 Å². The molecule has 10 heteroatoms. The molecule has 2 amide bonds. The normalized spacial score (nSPS) is 10.3. The molecule has 0 bridgehead atoms. The lowest BCUT2D eigenvalue weighted by Crippen LogP contribution is -2.17. The quantitative estimate of drug-likeness (QED) is 0.732. The summed E-state index contributed by atoms with van der Waals surface area (Å²) in [4.78, 5) is 41.8. The summed E-state index contributed by atoms with van der Waals surface area (Å²) in [6, 6.07) is 0. The summed E-state index contributed by atoms with van der Waals surface area (Å²) in [6.45, 7) is 1.33. The zero-order valence-electron chi connectivity index (χ0n) is 12.1. The molecule has 0 saturated carbocycles. The maximum Gasteiger partial charge on any atom is 0.372 e. The summed E-state index contributed by atoms with van der Waals surface area (Å²) >= 11 is 0. The van der Waals surface area contributed by atoms with Gasteiger partial charge in [0.15, 0.2) is 11.6 Å². The van der Waals surface area contributed by atoms with Crippen molar-refractivity contribution in [2.45, 2.75) is 6.92 Å². The van der Waals surface area contributed by atoms with E-state index in [0.29, 0.717) is 0 Å². The Kier molecular flexibility index (Phi) is 3.93. The maximum absolute atomic E-state index is 12.1. The van der Waals surface area contributed by atoms with Crippen LogP contribution in [0.15, 0.2) is 12.4 Å². The largest absolute Gasteiger partial charge is 0.475 e. The second-order valence-electron chi connectivity index (χ2n) is 4.56. The molecule has 0 aliphatic rings. The first-order chi connectivity index (χ1) is 10.3. The van der Waals surface area contributed by atoms with E-state index in [1.807, 2.05) is 0 Å². The number of nitrogens with zero attached hydrogens (tertiary/aromatic N) is 4. The van der Waals surface area contributed by atoms with E-state index >= 15 is 0 Å². The fourth-order valence-electron chi connectivity index (χ4n) is 1.82. The van der Waals surface area contributed by atoms with Crippen molar-refractivity contribution in [3.63, 3.8) is 0 Å². The number of carboxylic acids is 1. The highest BCUT2D eigenvalue weighted by Crippen LogP contribution is 2.11. The zero-order chi connectivity index (χ0) is 16.4. The Bertz CT molecular complexity index is 760. The molecule has 0 aliphatic heterocycles. The topological polar surface area (TPSA) is 131 Å². The fourth-order valence-corrected chi connectivity index (χ4v) is 1.82. The molecule has 0 aliphatic carbocycles. The van der Waals surface area contributed by atoms with Crippen LogP contribution in [0.1, 0.15) is 28.2 Å². The van der Waals surface area contributed by atoms with Crippen LogP contribution in [0.4, 0.5) is 11.6 Å². The van der Waals surface area contributed by atoms with Crippen LogP contribution >= 0.6 is 0 Å². The summed E-state index contributed by atoms with van der Waals surface area (Å²) < 4.78 is 2.71. The van der Waals surface area contributed by atoms with Gasteiger partial charge in [-0.1, -0.05) is 0 Å². The van der Waals surface area contributed by atoms with Gasteiger partial charge in [0.1, 0.15) is 0 Å². The lowest BCUT2D eigenvalue weighted by atomic mass is 10.5. The smallest absolute Gasteiger partial charge is 0.372 e. The molecule has 0 fully saturated rings. The van der Waals surface area contributed by atoms with E-state index in [-0.39, 0.29) is 29.2 Å². The molecule has 0 aromatic carbocycles. The zero-order valence-corrected chi connectivity index (χ0v) is 12.1. The van der Waals surface area contributed by atoms with Gasteiger partial charge < -0.3 is 24.9 Å². The van der Waals surface area contributed by atoms with E-state index in [4.69, 9.17) is 5.11 Å². The second-order valence-corrected chi connectivity index (χ2v) is 4.56. The van der Waals surface area contributed by atoms with E-state index in [1.54, 1.807) is 7.05 Å². The number of carbonyl (C=O) groups excluding carboxylic acids is 2. The van der Waals surface area contributed by atoms with E-state index in [0.717, 1.165) is 0 Å². The number of rotatable bonds is 4. The minimum absolute atomic E-state index is 0.0475. The van der Waals surface area contributed by atoms with Gasteiger partial charge in [0, 0.05) is 33.4 Å². The molecule has 22 heavy (non-hydrogen) atoms. The molecule has 2 aromatic rings. The third-order valence-electron chi connectivity index (χ3n) is 2.69. The van der Waals surface area contributed by atoms with Crippen molar-refractivity contribution in [2.75, 3.05) is 10.6 Å². The van der Waals surface area contributed by atoms with Crippen molar-refractivity contribution in [3.8, 4) is 0 Å². The molecule has 0 saturated heterocycles. The molecular formula is C12H14N6O4. The standard InChI is InChI=1S/C12H14N6O4/c1-6(19)13-7-4-17(2)9(14-7)11(20)16-8-5-18(3)10(15-8)12(21)22/h4-5H,1-3H3,(H,13,19)(H,16,20)(H,21,22). The number of hydrogen-bond acceptors (Lipinski definition) is 5. The molecule has 2 rings (SSSR count). The van der Waals surface area contributed by atoms with Gasteiger partial charge in [-0.25, -0.2) is 14.8 Å². The third-order valence-corrected chi connectivity index (χ3v) is 2.69. The Labute approximate surface area is 124 Å². The molecule has 0 unspecified atom stereocenters. The van der Waals surface area contributed by atoms with E-state index < -0.39 is 11.9 Å². The van der Waals surface area contributed by atoms with Crippen molar-refractivity contribution in [1.82, 2.24) is 19.1 Å². The van der Waals surface area contributed by atoms with Crippen molar-refractivity contribution in [2.24, 2.45) is 14.1 Å². The van der Waals surface area contributed by atoms with Gasteiger partial charge in [0.25, 0.3) is 5.91 Å². The van der Waals surface area contributed by atoms with Crippen LogP contribution in [-0.4, -0.2) is 42.0 Å². The van der Waals surface area contributed by atoms with E-state index in [2.05, 4.69) is 20.6 Å². The van der Waals surface area contributed by atoms with Gasteiger partial charge in [-0.05, 0) is 0 Å². The Morgan fingerprint density at radius 2 is 1.50 bits per heavy atom. The predicted octanol–water partition coefficient (Wildman–Crippen LogP) is 0.0625. The van der Waals surface area contributed by atoms with E-state index in [9.17, 15) is 14.4 Å². The number of aromatic carboxylic acids is 1. The van der Waals surface area contributed by atoms with Gasteiger partial charge in [-0.3, -0.25) is 9.59 Å². The van der Waals surface area contributed by atoms with Crippen LogP contribution in [0.3, 0.4) is 0 Å². The molecule has 10 nitrogen and oxygen atoms in total. The van der Waals surface area contributed by atoms with Crippen molar-refractivity contribution < 1.29 is 19.5 Å². The van der Waals surface area contributed by atoms with Crippen LogP contribution in [0.5, 0.6) is 0 Å². The van der Waals surface area contributed by atoms with E-state index in [1.165, 1.54) is 35.5 Å². The second kappa shape index (κ2) is 5.68. The van der Waals surface area contributed by atoms with Crippen molar-refractivity contribution in [1.29, 1.82) is 0 Å². The number of carboxylic acid groups (broad SMARTS) is 1. The average molecular weight is 306 g/mol. The number of hydrogen-bond donors (Lipinski definition) is 3. The van der Waals surface area contributed by atoms with Crippen molar-refractivity contribution in [3.05, 3.63) is 24.0 Å². The molecule has 2 heterocycles. The summed E-state index contributed by atoms with van der Waals surface area (Å²) in [5.74, 6) is -1.90. The van der Waals surface area contributed by atoms with Gasteiger partial charge in [-0.15, -0.1) is 0 Å². The summed E-state index contributed by atoms with van der Waals surface area (Å²) in [5.41, 5.74) is 0. The lowest BCUT2D eigenvalue weighted by molar-refractivity contribution is -0.114. The molecular weight excluding hydrogens is 292 g/mol. The van der Waals surface area contributed by atoms with Crippen LogP contribution in [0.2, 0.25) is 0 Å². The number of nitrogens with one attached hydrogen (secondary N) is 2. The van der Waals surface area contributed by atoms with Gasteiger partial charge in [0.2, 0.25) is 17.6 Å². The van der Waals surface area contributed by atoms with Crippen molar-refractivity contribution >= 4 is 29.4 Å². The first kappa shape index (κ1) is 15.2. The fraction of sp³-hybridized carbons (Fsp3) is 0.250. The molecule has 3 N–H and O–H groups in total. The Morgan fingerprint density at radius 3 is 2.00 bits per heavy atom. The highest BCUT2D eigenvalue weighted by molar-refractivity contribution is 6.02. The van der Waals surface area contributed by atoms with Crippen LogP contribution in [-0.2, 0) is 18.9 Å². The van der Waals surface area contributed by atoms with Crippen LogP contribution in [0, 0.1) is 0 Å².